The Kier molecular flexibility index (Phi) is 17.0. The zero-order valence-electron chi connectivity index (χ0n) is 15.1. The number of nitrogens with one attached hydrogen (secondary N) is 1. The Labute approximate surface area is 143 Å². The number of hydrogen-bond acceptors (Lipinski definition) is 3. The maximum absolute atomic E-state index is 8.50. The second kappa shape index (κ2) is 16.2. The van der Waals surface area contributed by atoms with E-state index in [0.29, 0.717) is 0 Å². The number of aliphatic hydroxyl groups excluding tert-OH is 1. The van der Waals surface area contributed by atoms with Crippen LogP contribution in [0.4, 0.5) is 5.69 Å². The van der Waals surface area contributed by atoms with Crippen LogP contribution in [0.25, 0.3) is 0 Å². The summed E-state index contributed by atoms with van der Waals surface area (Å²) in [7, 11) is 0. The number of allylic oxidation sites excluding steroid dienone is 2. The van der Waals surface area contributed by atoms with Crippen molar-refractivity contribution in [1.82, 2.24) is 0 Å². The molecule has 1 aromatic carbocycles. The van der Waals surface area contributed by atoms with Gasteiger partial charge in [0.05, 0.1) is 0 Å². The van der Waals surface area contributed by atoms with Crippen LogP contribution < -0.4 is 5.32 Å². The monoisotopic (exact) mass is 325 g/mol. The maximum Gasteiger partial charge on any atom is 0.113 e. The molecule has 1 aromatic rings. The SMILES string of the molecule is C=C(CCC)SC=C(C)C.CC.Cc1cccc(NCO)c1.[HH]. The van der Waals surface area contributed by atoms with Gasteiger partial charge in [-0.15, -0.1) is 11.8 Å². The van der Waals surface area contributed by atoms with Gasteiger partial charge in [-0.2, -0.15) is 0 Å². The van der Waals surface area contributed by atoms with Crippen LogP contribution >= 0.6 is 11.8 Å². The Bertz CT molecular complexity index is 429. The zero-order chi connectivity index (χ0) is 17.4. The molecule has 0 aliphatic carbocycles. The van der Waals surface area contributed by atoms with Gasteiger partial charge in [0.2, 0.25) is 0 Å². The summed E-state index contributed by atoms with van der Waals surface area (Å²) in [5, 5.41) is 13.5. The van der Waals surface area contributed by atoms with Crippen molar-refractivity contribution in [1.29, 1.82) is 0 Å². The quantitative estimate of drug-likeness (QED) is 0.579. The Balaban J connectivity index is -0.000000302. The maximum atomic E-state index is 8.50. The molecule has 0 amide bonds. The van der Waals surface area contributed by atoms with Gasteiger partial charge in [0, 0.05) is 7.11 Å². The summed E-state index contributed by atoms with van der Waals surface area (Å²) in [5.41, 5.74) is 3.50. The van der Waals surface area contributed by atoms with Crippen LogP contribution in [-0.4, -0.2) is 11.8 Å². The van der Waals surface area contributed by atoms with Gasteiger partial charge in [-0.25, -0.2) is 0 Å². The first-order chi connectivity index (χ1) is 10.5. The van der Waals surface area contributed by atoms with Crippen molar-refractivity contribution in [3.05, 3.63) is 52.3 Å². The Hall–Kier alpha value is -1.19. The average Bonchev–Trinajstić information content (AvgIpc) is 2.49. The van der Waals surface area contributed by atoms with E-state index in [2.05, 4.69) is 38.1 Å². The molecular formula is C19H35NOS. The van der Waals surface area contributed by atoms with Gasteiger partial charge in [0.15, 0.2) is 0 Å². The summed E-state index contributed by atoms with van der Waals surface area (Å²) in [6, 6.07) is 7.87. The Morgan fingerprint density at radius 1 is 1.36 bits per heavy atom. The highest BCUT2D eigenvalue weighted by molar-refractivity contribution is 8.05. The molecule has 0 fully saturated rings. The summed E-state index contributed by atoms with van der Waals surface area (Å²) in [5.74, 6) is 0. The second-order valence-electron chi connectivity index (χ2n) is 4.81. The summed E-state index contributed by atoms with van der Waals surface area (Å²) in [4.78, 5) is 1.27. The molecule has 2 nitrogen and oxygen atoms in total. The van der Waals surface area contributed by atoms with Gasteiger partial charge in [-0.05, 0) is 55.2 Å². The fourth-order valence-corrected chi connectivity index (χ4v) is 2.11. The van der Waals surface area contributed by atoms with Gasteiger partial charge in [-0.1, -0.05) is 51.5 Å². The predicted octanol–water partition coefficient (Wildman–Crippen LogP) is 6.59. The first-order valence-electron chi connectivity index (χ1n) is 7.88. The molecule has 0 spiro atoms. The topological polar surface area (TPSA) is 32.3 Å². The molecule has 0 heterocycles. The molecular weight excluding hydrogens is 290 g/mol. The lowest BCUT2D eigenvalue weighted by Gasteiger charge is -2.01. The number of aryl methyl sites for hydroxylation is 1. The van der Waals surface area contributed by atoms with Crippen molar-refractivity contribution in [2.24, 2.45) is 0 Å². The molecule has 1 rings (SSSR count). The molecule has 3 heteroatoms. The average molecular weight is 326 g/mol. The van der Waals surface area contributed by atoms with Gasteiger partial charge in [0.1, 0.15) is 6.73 Å². The van der Waals surface area contributed by atoms with Gasteiger partial charge in [0.25, 0.3) is 0 Å². The largest absolute Gasteiger partial charge is 0.377 e. The van der Waals surface area contributed by atoms with Crippen LogP contribution in [0, 0.1) is 6.92 Å². The normalized spacial score (nSPS) is 8.68. The van der Waals surface area contributed by atoms with E-state index in [1.807, 2.05) is 45.0 Å². The van der Waals surface area contributed by atoms with E-state index >= 15 is 0 Å². The van der Waals surface area contributed by atoms with Crippen LogP contribution in [0.1, 0.15) is 54.5 Å². The molecule has 0 bridgehead atoms. The highest BCUT2D eigenvalue weighted by Crippen LogP contribution is 2.20. The molecule has 2 N–H and O–H groups in total. The third-order valence-corrected chi connectivity index (χ3v) is 3.42. The molecule has 0 radical (unpaired) electrons. The lowest BCUT2D eigenvalue weighted by molar-refractivity contribution is 0.325. The first-order valence-corrected chi connectivity index (χ1v) is 8.76. The van der Waals surface area contributed by atoms with Gasteiger partial charge < -0.3 is 10.4 Å². The fourth-order valence-electron chi connectivity index (χ4n) is 1.39. The van der Waals surface area contributed by atoms with Crippen molar-refractivity contribution in [2.45, 2.75) is 54.4 Å². The summed E-state index contributed by atoms with van der Waals surface area (Å²) in [6.07, 6.45) is 2.33. The van der Waals surface area contributed by atoms with Crippen LogP contribution in [0.15, 0.2) is 46.7 Å². The van der Waals surface area contributed by atoms with E-state index in [-0.39, 0.29) is 8.16 Å². The van der Waals surface area contributed by atoms with Crippen LogP contribution in [0.2, 0.25) is 0 Å². The van der Waals surface area contributed by atoms with E-state index < -0.39 is 0 Å². The predicted molar refractivity (Wildman–Crippen MR) is 106 cm³/mol. The molecule has 0 saturated carbocycles. The standard InChI is InChI=1S/C9H16S.C8H11NO.C2H6.H2/c1-5-6-9(4)10-7-8(2)3;1-7-3-2-4-8(5-7)9-6-10;1-2;/h7H,4-6H2,1-3H3;2-5,9-10H,6H2,1H3;1-2H3;1H. The first kappa shape index (κ1) is 23.1. The molecule has 0 aromatic heterocycles. The lowest BCUT2D eigenvalue weighted by atomic mass is 10.2. The molecule has 0 saturated heterocycles. The van der Waals surface area contributed by atoms with E-state index in [1.54, 1.807) is 11.8 Å². The van der Waals surface area contributed by atoms with Crippen molar-refractivity contribution in [2.75, 3.05) is 12.0 Å². The highest BCUT2D eigenvalue weighted by Gasteiger charge is 1.89. The molecule has 0 atom stereocenters. The minimum atomic E-state index is -0.0105. The van der Waals surface area contributed by atoms with E-state index in [0.717, 1.165) is 12.1 Å². The van der Waals surface area contributed by atoms with Crippen molar-refractivity contribution < 1.29 is 6.53 Å². The molecule has 128 valence electrons. The number of benzene rings is 1. The number of thioether (sulfide) groups is 1. The zero-order valence-corrected chi connectivity index (χ0v) is 15.9. The number of aliphatic hydroxyl groups is 1. The summed E-state index contributed by atoms with van der Waals surface area (Å²) in [6.45, 7) is 16.3. The summed E-state index contributed by atoms with van der Waals surface area (Å²) >= 11 is 1.75. The number of hydrogen-bond donors (Lipinski definition) is 2. The molecule has 0 aliphatic heterocycles. The van der Waals surface area contributed by atoms with Crippen LogP contribution in [0.5, 0.6) is 0 Å². The summed E-state index contributed by atoms with van der Waals surface area (Å²) < 4.78 is 0. The third-order valence-electron chi connectivity index (χ3n) is 2.29. The molecule has 0 unspecified atom stereocenters. The highest BCUT2D eigenvalue weighted by atomic mass is 32.2. The molecule has 22 heavy (non-hydrogen) atoms. The smallest absolute Gasteiger partial charge is 0.113 e. The fraction of sp³-hybridized carbons (Fsp3) is 0.474. The minimum absolute atomic E-state index is 0. The Morgan fingerprint density at radius 3 is 2.45 bits per heavy atom. The number of anilines is 1. The number of rotatable bonds is 6. The van der Waals surface area contributed by atoms with E-state index in [4.69, 9.17) is 5.11 Å². The van der Waals surface area contributed by atoms with Crippen molar-refractivity contribution >= 4 is 17.4 Å². The van der Waals surface area contributed by atoms with Crippen LogP contribution in [0.3, 0.4) is 0 Å². The van der Waals surface area contributed by atoms with Crippen molar-refractivity contribution in [3.63, 3.8) is 0 Å². The van der Waals surface area contributed by atoms with Gasteiger partial charge >= 0.3 is 0 Å². The second-order valence-corrected chi connectivity index (χ2v) is 5.85. The van der Waals surface area contributed by atoms with E-state index in [9.17, 15) is 0 Å². The third kappa shape index (κ3) is 15.2. The van der Waals surface area contributed by atoms with Gasteiger partial charge in [-0.3, -0.25) is 0 Å². The lowest BCUT2D eigenvalue weighted by Crippen LogP contribution is -1.98. The minimum Gasteiger partial charge on any atom is -0.377 e. The van der Waals surface area contributed by atoms with Crippen molar-refractivity contribution in [3.8, 4) is 0 Å². The Morgan fingerprint density at radius 2 is 2.00 bits per heavy atom. The van der Waals surface area contributed by atoms with E-state index in [1.165, 1.54) is 22.5 Å². The molecule has 0 aliphatic rings. The van der Waals surface area contributed by atoms with Crippen LogP contribution in [-0.2, 0) is 0 Å².